The summed E-state index contributed by atoms with van der Waals surface area (Å²) < 4.78 is 41.3. The fourth-order valence-corrected chi connectivity index (χ4v) is 6.30. The minimum Gasteiger partial charge on any atom is -0.406 e. The maximum Gasteiger partial charge on any atom is 0.573 e. The van der Waals surface area contributed by atoms with E-state index in [9.17, 15) is 13.2 Å². The van der Waals surface area contributed by atoms with E-state index in [2.05, 4.69) is 23.8 Å². The number of hydrogen-bond acceptors (Lipinski definition) is 1. The monoisotopic (exact) mass is 446 g/mol. The minimum absolute atomic E-state index is 0.159. The highest BCUT2D eigenvalue weighted by Gasteiger charge is 2.31. The Hall–Kier alpha value is -1.71. The number of fused-ring (bicyclic) bond motifs is 1. The zero-order valence-corrected chi connectivity index (χ0v) is 19.3. The van der Waals surface area contributed by atoms with Crippen LogP contribution in [0.15, 0.2) is 36.4 Å². The summed E-state index contributed by atoms with van der Waals surface area (Å²) in [5.41, 5.74) is 1.28. The van der Waals surface area contributed by atoms with E-state index in [1.54, 1.807) is 6.07 Å². The largest absolute Gasteiger partial charge is 0.573 e. The van der Waals surface area contributed by atoms with Gasteiger partial charge >= 0.3 is 6.36 Å². The Morgan fingerprint density at radius 2 is 1.31 bits per heavy atom. The lowest BCUT2D eigenvalue weighted by atomic mass is 9.68. The molecule has 2 aromatic rings. The van der Waals surface area contributed by atoms with Gasteiger partial charge in [-0.3, -0.25) is 0 Å². The van der Waals surface area contributed by atoms with Gasteiger partial charge in [-0.1, -0.05) is 69.7 Å². The van der Waals surface area contributed by atoms with E-state index in [1.807, 2.05) is 6.07 Å². The van der Waals surface area contributed by atoms with Crippen LogP contribution in [-0.2, 0) is 6.42 Å². The highest BCUT2D eigenvalue weighted by molar-refractivity contribution is 5.84. The molecule has 0 N–H and O–H groups in total. The molecule has 2 saturated carbocycles. The van der Waals surface area contributed by atoms with Crippen molar-refractivity contribution in [3.63, 3.8) is 0 Å². The molecule has 0 saturated heterocycles. The van der Waals surface area contributed by atoms with Crippen molar-refractivity contribution in [1.29, 1.82) is 0 Å². The van der Waals surface area contributed by atoms with Gasteiger partial charge in [-0.25, -0.2) is 0 Å². The summed E-state index contributed by atoms with van der Waals surface area (Å²) >= 11 is 0. The Bertz CT molecular complexity index is 859. The van der Waals surface area contributed by atoms with Crippen LogP contribution in [0.2, 0.25) is 0 Å². The fraction of sp³-hybridized carbons (Fsp3) is 0.643. The van der Waals surface area contributed by atoms with Gasteiger partial charge in [0.25, 0.3) is 0 Å². The van der Waals surface area contributed by atoms with Crippen LogP contribution in [0.25, 0.3) is 10.8 Å². The molecule has 176 valence electrons. The van der Waals surface area contributed by atoms with Gasteiger partial charge in [0.2, 0.25) is 0 Å². The van der Waals surface area contributed by atoms with Crippen molar-refractivity contribution in [3.05, 3.63) is 42.0 Å². The molecule has 0 bridgehead atoms. The molecule has 2 aliphatic carbocycles. The van der Waals surface area contributed by atoms with Gasteiger partial charge < -0.3 is 4.74 Å². The normalized spacial score (nSPS) is 26.9. The number of hydrogen-bond donors (Lipinski definition) is 0. The molecule has 0 atom stereocenters. The van der Waals surface area contributed by atoms with Crippen LogP contribution in [0.5, 0.6) is 5.75 Å². The number of benzene rings is 2. The molecule has 0 unspecified atom stereocenters. The Morgan fingerprint density at radius 3 is 1.91 bits per heavy atom. The number of ether oxygens (including phenoxy) is 1. The van der Waals surface area contributed by atoms with Crippen LogP contribution < -0.4 is 4.74 Å². The van der Waals surface area contributed by atoms with Crippen molar-refractivity contribution in [3.8, 4) is 5.75 Å². The number of rotatable bonds is 7. The zero-order valence-electron chi connectivity index (χ0n) is 19.3. The Kier molecular flexibility index (Phi) is 7.68. The molecule has 0 amide bonds. The van der Waals surface area contributed by atoms with Crippen molar-refractivity contribution in [2.24, 2.45) is 23.7 Å². The molecule has 4 heteroatoms. The van der Waals surface area contributed by atoms with Gasteiger partial charge in [0.05, 0.1) is 0 Å². The Balaban J connectivity index is 1.23. The molecule has 32 heavy (non-hydrogen) atoms. The van der Waals surface area contributed by atoms with Crippen LogP contribution in [0.4, 0.5) is 13.2 Å². The van der Waals surface area contributed by atoms with E-state index in [1.165, 1.54) is 88.3 Å². The molecule has 0 radical (unpaired) electrons. The Labute approximate surface area is 190 Å². The van der Waals surface area contributed by atoms with Gasteiger partial charge in [-0.05, 0) is 90.7 Å². The predicted molar refractivity (Wildman–Crippen MR) is 125 cm³/mol. The highest BCUT2D eigenvalue weighted by Crippen LogP contribution is 2.43. The lowest BCUT2D eigenvalue weighted by Crippen LogP contribution is -2.26. The van der Waals surface area contributed by atoms with E-state index < -0.39 is 6.36 Å². The maximum absolute atomic E-state index is 12.4. The first-order valence-electron chi connectivity index (χ1n) is 12.7. The van der Waals surface area contributed by atoms with E-state index >= 15 is 0 Å². The maximum atomic E-state index is 12.4. The van der Waals surface area contributed by atoms with Crippen LogP contribution in [0, 0.1) is 23.7 Å². The third-order valence-corrected chi connectivity index (χ3v) is 8.10. The van der Waals surface area contributed by atoms with Gasteiger partial charge in [0.1, 0.15) is 5.75 Å². The van der Waals surface area contributed by atoms with Gasteiger partial charge in [-0.2, -0.15) is 0 Å². The molecule has 2 aromatic carbocycles. The van der Waals surface area contributed by atoms with Crippen LogP contribution in [-0.4, -0.2) is 6.36 Å². The second-order valence-electron chi connectivity index (χ2n) is 10.3. The molecule has 0 aliphatic heterocycles. The molecule has 2 aliphatic rings. The summed E-state index contributed by atoms with van der Waals surface area (Å²) in [5.74, 6) is 3.60. The van der Waals surface area contributed by atoms with Crippen molar-refractivity contribution in [2.75, 3.05) is 0 Å². The summed E-state index contributed by atoms with van der Waals surface area (Å²) in [6, 6.07) is 10.7. The summed E-state index contributed by atoms with van der Waals surface area (Å²) in [6.07, 6.45) is 11.8. The van der Waals surface area contributed by atoms with Crippen molar-refractivity contribution >= 4 is 10.8 Å². The second-order valence-corrected chi connectivity index (χ2v) is 10.3. The predicted octanol–water partition coefficient (Wildman–Crippen LogP) is 9.08. The van der Waals surface area contributed by atoms with Crippen LogP contribution in [0.3, 0.4) is 0 Å². The second kappa shape index (κ2) is 10.5. The first kappa shape index (κ1) is 23.4. The highest BCUT2D eigenvalue weighted by atomic mass is 19.4. The quantitative estimate of drug-likeness (QED) is 0.412. The van der Waals surface area contributed by atoms with Crippen LogP contribution in [0.1, 0.15) is 83.1 Å². The van der Waals surface area contributed by atoms with Crippen molar-refractivity contribution in [1.82, 2.24) is 0 Å². The first-order valence-corrected chi connectivity index (χ1v) is 12.7. The number of alkyl halides is 3. The molecular formula is C28H37F3O. The molecular weight excluding hydrogens is 409 g/mol. The van der Waals surface area contributed by atoms with E-state index in [-0.39, 0.29) is 5.75 Å². The Morgan fingerprint density at radius 1 is 0.750 bits per heavy atom. The third kappa shape index (κ3) is 6.42. The summed E-state index contributed by atoms with van der Waals surface area (Å²) in [7, 11) is 0. The van der Waals surface area contributed by atoms with Crippen molar-refractivity contribution < 1.29 is 17.9 Å². The molecule has 1 nitrogen and oxygen atoms in total. The van der Waals surface area contributed by atoms with Crippen molar-refractivity contribution in [2.45, 2.75) is 90.3 Å². The SMILES string of the molecule is CCCC1CCC(C2CCC(CCc3ccc4cc(OC(F)(F)F)ccc4c3)CC2)CC1. The van der Waals surface area contributed by atoms with Gasteiger partial charge in [0, 0.05) is 0 Å². The minimum atomic E-state index is -4.65. The lowest BCUT2D eigenvalue weighted by Gasteiger charge is -2.38. The average Bonchev–Trinajstić information content (AvgIpc) is 2.78. The number of aryl methyl sites for hydroxylation is 1. The lowest BCUT2D eigenvalue weighted by molar-refractivity contribution is -0.274. The fourth-order valence-electron chi connectivity index (χ4n) is 6.30. The summed E-state index contributed by atoms with van der Waals surface area (Å²) in [6.45, 7) is 2.31. The molecule has 0 heterocycles. The number of halogens is 3. The molecule has 0 aromatic heterocycles. The molecule has 2 fully saturated rings. The standard InChI is InChI=1S/C28H37F3O/c1-2-3-20-6-11-23(12-7-20)24-13-8-21(9-14-24)4-5-22-10-15-26-19-27(32-28(29,30)31)17-16-25(26)18-22/h10,15-21,23-24H,2-9,11-14H2,1H3. The smallest absolute Gasteiger partial charge is 0.406 e. The molecule has 4 rings (SSSR count). The van der Waals surface area contributed by atoms with E-state index in [0.717, 1.165) is 40.9 Å². The average molecular weight is 447 g/mol. The zero-order chi connectivity index (χ0) is 22.6. The topological polar surface area (TPSA) is 9.23 Å². The summed E-state index contributed by atoms with van der Waals surface area (Å²) in [4.78, 5) is 0. The van der Waals surface area contributed by atoms with Gasteiger partial charge in [0.15, 0.2) is 0 Å². The third-order valence-electron chi connectivity index (χ3n) is 8.10. The van der Waals surface area contributed by atoms with E-state index in [4.69, 9.17) is 0 Å². The van der Waals surface area contributed by atoms with Crippen LogP contribution >= 0.6 is 0 Å². The van der Waals surface area contributed by atoms with Gasteiger partial charge in [-0.15, -0.1) is 13.2 Å². The molecule has 0 spiro atoms. The summed E-state index contributed by atoms with van der Waals surface area (Å²) in [5, 5.41) is 1.75. The van der Waals surface area contributed by atoms with E-state index in [0.29, 0.717) is 0 Å². The first-order chi connectivity index (χ1) is 15.4.